The van der Waals surface area contributed by atoms with Crippen molar-refractivity contribution in [3.63, 3.8) is 0 Å². The van der Waals surface area contributed by atoms with Crippen molar-refractivity contribution in [2.75, 3.05) is 0 Å². The standard InChI is InChI=1S/C21H13F2N7O/c22-13-5-6-16-14(8-13)21-24-10-26-30(21)9-17-19(25-11-29(16)17)20-27-18(31-28-20)7-12-3-1-2-4-15(12)23/h1-6,8,10-11H,7,9H2. The van der Waals surface area contributed by atoms with Crippen LogP contribution >= 0.6 is 0 Å². The van der Waals surface area contributed by atoms with Gasteiger partial charge in [-0.15, -0.1) is 0 Å². The number of fused-ring (bicyclic) bond motifs is 5. The third-order valence-corrected chi connectivity index (χ3v) is 5.22. The Morgan fingerprint density at radius 3 is 2.87 bits per heavy atom. The Labute approximate surface area is 173 Å². The van der Waals surface area contributed by atoms with Crippen LogP contribution in [-0.4, -0.2) is 34.5 Å². The second-order valence-corrected chi connectivity index (χ2v) is 7.09. The molecule has 0 bridgehead atoms. The van der Waals surface area contributed by atoms with E-state index in [-0.39, 0.29) is 29.8 Å². The Bertz CT molecular complexity index is 1440. The van der Waals surface area contributed by atoms with Crippen molar-refractivity contribution >= 4 is 0 Å². The summed E-state index contributed by atoms with van der Waals surface area (Å²) in [5.41, 5.74) is 3.03. The summed E-state index contributed by atoms with van der Waals surface area (Å²) in [4.78, 5) is 13.2. The number of hydrogen-bond acceptors (Lipinski definition) is 6. The van der Waals surface area contributed by atoms with E-state index in [0.717, 1.165) is 11.4 Å². The molecule has 4 heterocycles. The van der Waals surface area contributed by atoms with Gasteiger partial charge in [0, 0.05) is 5.56 Å². The molecular formula is C21H13F2N7O. The van der Waals surface area contributed by atoms with Crippen molar-refractivity contribution in [3.8, 4) is 28.6 Å². The van der Waals surface area contributed by atoms with Crippen LogP contribution in [0.25, 0.3) is 28.6 Å². The third-order valence-electron chi connectivity index (χ3n) is 5.22. The summed E-state index contributed by atoms with van der Waals surface area (Å²) in [5, 5.41) is 8.31. The van der Waals surface area contributed by atoms with Crippen molar-refractivity contribution in [1.82, 2.24) is 34.5 Å². The van der Waals surface area contributed by atoms with E-state index >= 15 is 0 Å². The Morgan fingerprint density at radius 1 is 1.06 bits per heavy atom. The minimum Gasteiger partial charge on any atom is -0.339 e. The van der Waals surface area contributed by atoms with Gasteiger partial charge in [0.25, 0.3) is 0 Å². The fourth-order valence-corrected chi connectivity index (χ4v) is 3.77. The highest BCUT2D eigenvalue weighted by Gasteiger charge is 2.26. The summed E-state index contributed by atoms with van der Waals surface area (Å²) in [5.74, 6) is 0.415. The first kappa shape index (κ1) is 17.6. The fraction of sp³-hybridized carbons (Fsp3) is 0.0952. The molecule has 0 spiro atoms. The summed E-state index contributed by atoms with van der Waals surface area (Å²) in [6.45, 7) is 0.332. The molecular weight excluding hydrogens is 404 g/mol. The van der Waals surface area contributed by atoms with Gasteiger partial charge in [-0.25, -0.2) is 23.4 Å². The number of hydrogen-bond donors (Lipinski definition) is 0. The Balaban J connectivity index is 1.44. The topological polar surface area (TPSA) is 87.4 Å². The van der Waals surface area contributed by atoms with Crippen LogP contribution in [0.3, 0.4) is 0 Å². The Morgan fingerprint density at radius 2 is 1.97 bits per heavy atom. The fourth-order valence-electron chi connectivity index (χ4n) is 3.77. The second-order valence-electron chi connectivity index (χ2n) is 7.09. The minimum absolute atomic E-state index is 0.172. The molecule has 1 aliphatic heterocycles. The molecule has 0 atom stereocenters. The number of halogens is 2. The van der Waals surface area contributed by atoms with Crippen molar-refractivity contribution in [2.24, 2.45) is 0 Å². The third kappa shape index (κ3) is 2.83. The van der Waals surface area contributed by atoms with Crippen molar-refractivity contribution < 1.29 is 13.3 Å². The minimum atomic E-state index is -0.368. The van der Waals surface area contributed by atoms with E-state index in [9.17, 15) is 8.78 Å². The van der Waals surface area contributed by atoms with Gasteiger partial charge >= 0.3 is 0 Å². The maximum Gasteiger partial charge on any atom is 0.231 e. The van der Waals surface area contributed by atoms with Gasteiger partial charge in [-0.3, -0.25) is 4.57 Å². The zero-order chi connectivity index (χ0) is 20.9. The van der Waals surface area contributed by atoms with Gasteiger partial charge in [-0.05, 0) is 29.8 Å². The SMILES string of the molecule is Fc1ccc2c(c1)-c1ncnn1Cc1c(-c3noc(Cc4ccccc4F)n3)ncn1-2. The molecule has 31 heavy (non-hydrogen) atoms. The lowest BCUT2D eigenvalue weighted by Crippen LogP contribution is -2.06. The molecule has 152 valence electrons. The molecule has 0 amide bonds. The van der Waals surface area contributed by atoms with Crippen LogP contribution in [0.2, 0.25) is 0 Å². The highest BCUT2D eigenvalue weighted by atomic mass is 19.1. The maximum atomic E-state index is 14.0. The van der Waals surface area contributed by atoms with Crippen LogP contribution in [0.4, 0.5) is 8.78 Å². The van der Waals surface area contributed by atoms with Crippen molar-refractivity contribution in [1.29, 1.82) is 0 Å². The van der Waals surface area contributed by atoms with E-state index in [2.05, 4.69) is 25.2 Å². The van der Waals surface area contributed by atoms with Crippen LogP contribution in [0, 0.1) is 11.6 Å². The van der Waals surface area contributed by atoms with E-state index < -0.39 is 0 Å². The van der Waals surface area contributed by atoms with Crippen LogP contribution in [0.5, 0.6) is 0 Å². The quantitative estimate of drug-likeness (QED) is 0.439. The summed E-state index contributed by atoms with van der Waals surface area (Å²) in [6.07, 6.45) is 3.22. The van der Waals surface area contributed by atoms with Crippen molar-refractivity contribution in [3.05, 3.63) is 83.9 Å². The normalized spacial score (nSPS) is 12.2. The zero-order valence-electron chi connectivity index (χ0n) is 15.9. The highest BCUT2D eigenvalue weighted by Crippen LogP contribution is 2.33. The smallest absolute Gasteiger partial charge is 0.231 e. The van der Waals surface area contributed by atoms with Crippen molar-refractivity contribution in [2.45, 2.75) is 13.0 Å². The zero-order valence-corrected chi connectivity index (χ0v) is 15.9. The predicted octanol–water partition coefficient (Wildman–Crippen LogP) is 3.41. The molecule has 0 aliphatic carbocycles. The van der Waals surface area contributed by atoms with Gasteiger partial charge in [-0.1, -0.05) is 23.4 Å². The van der Waals surface area contributed by atoms with Crippen LogP contribution < -0.4 is 0 Å². The number of rotatable bonds is 3. The van der Waals surface area contributed by atoms with Crippen LogP contribution in [-0.2, 0) is 13.0 Å². The van der Waals surface area contributed by atoms with Gasteiger partial charge in [0.15, 0.2) is 5.82 Å². The summed E-state index contributed by atoms with van der Waals surface area (Å²) >= 11 is 0. The first-order chi connectivity index (χ1) is 15.2. The molecule has 5 aromatic rings. The van der Waals surface area contributed by atoms with Gasteiger partial charge < -0.3 is 4.52 Å². The molecule has 1 aliphatic rings. The predicted molar refractivity (Wildman–Crippen MR) is 104 cm³/mol. The molecule has 10 heteroatoms. The number of aromatic nitrogens is 7. The molecule has 2 aromatic carbocycles. The average molecular weight is 417 g/mol. The molecule has 0 radical (unpaired) electrons. The molecule has 6 rings (SSSR count). The molecule has 8 nitrogen and oxygen atoms in total. The van der Waals surface area contributed by atoms with Gasteiger partial charge in [0.1, 0.15) is 30.0 Å². The lowest BCUT2D eigenvalue weighted by molar-refractivity contribution is 0.384. The lowest BCUT2D eigenvalue weighted by Gasteiger charge is -2.08. The molecule has 0 saturated carbocycles. The first-order valence-electron chi connectivity index (χ1n) is 9.48. The van der Waals surface area contributed by atoms with E-state index in [1.54, 1.807) is 35.3 Å². The second kappa shape index (κ2) is 6.66. The highest BCUT2D eigenvalue weighted by molar-refractivity contribution is 5.70. The summed E-state index contributed by atoms with van der Waals surface area (Å²) in [7, 11) is 0. The van der Waals surface area contributed by atoms with Gasteiger partial charge in [0.2, 0.25) is 11.7 Å². The maximum absolute atomic E-state index is 14.0. The Hall–Kier alpha value is -4.21. The molecule has 0 saturated heterocycles. The van der Waals surface area contributed by atoms with E-state index in [1.165, 1.54) is 24.5 Å². The average Bonchev–Trinajstić information content (AvgIpc) is 3.49. The summed E-state index contributed by atoms with van der Waals surface area (Å²) in [6, 6.07) is 10.9. The van der Waals surface area contributed by atoms with E-state index in [4.69, 9.17) is 4.52 Å². The molecule has 0 fully saturated rings. The lowest BCUT2D eigenvalue weighted by atomic mass is 10.1. The van der Waals surface area contributed by atoms with Gasteiger partial charge in [-0.2, -0.15) is 10.1 Å². The monoisotopic (exact) mass is 417 g/mol. The Kier molecular flexibility index (Phi) is 3.79. The largest absolute Gasteiger partial charge is 0.339 e. The van der Waals surface area contributed by atoms with E-state index in [0.29, 0.717) is 29.2 Å². The molecule has 0 unspecified atom stereocenters. The summed E-state index contributed by atoms with van der Waals surface area (Å²) < 4.78 is 36.8. The number of nitrogens with zero attached hydrogens (tertiary/aromatic N) is 7. The van der Waals surface area contributed by atoms with Crippen LogP contribution in [0.1, 0.15) is 17.1 Å². The molecule has 0 N–H and O–H groups in total. The first-order valence-corrected chi connectivity index (χ1v) is 9.48. The number of benzene rings is 2. The number of imidazole rings is 1. The van der Waals surface area contributed by atoms with Gasteiger partial charge in [0.05, 0.1) is 24.3 Å². The van der Waals surface area contributed by atoms with Crippen LogP contribution in [0.15, 0.2) is 59.6 Å². The molecule has 3 aromatic heterocycles. The van der Waals surface area contributed by atoms with E-state index in [1.807, 2.05) is 4.57 Å².